The van der Waals surface area contributed by atoms with Gasteiger partial charge in [0, 0.05) is 43.2 Å². The van der Waals surface area contributed by atoms with E-state index in [0.29, 0.717) is 41.7 Å². The average Bonchev–Trinajstić information content (AvgIpc) is 2.89. The van der Waals surface area contributed by atoms with Crippen molar-refractivity contribution in [2.24, 2.45) is 5.92 Å². The summed E-state index contributed by atoms with van der Waals surface area (Å²) in [5.74, 6) is 0.772. The number of likely N-dealkylation sites (tertiary alicyclic amines) is 1. The van der Waals surface area contributed by atoms with E-state index in [0.717, 1.165) is 36.1 Å². The first kappa shape index (κ1) is 25.2. The molecule has 4 rings (SSSR count). The molecule has 6 heteroatoms. The van der Waals surface area contributed by atoms with Crippen LogP contribution >= 0.6 is 0 Å². The first-order valence-electron chi connectivity index (χ1n) is 12.6. The largest absolute Gasteiger partial charge is 0.337 e. The molecule has 2 aromatic heterocycles. The molecule has 0 radical (unpaired) electrons. The Hall–Kier alpha value is -3.85. The molecule has 0 bridgehead atoms. The van der Waals surface area contributed by atoms with Gasteiger partial charge in [0.2, 0.25) is 0 Å². The first-order chi connectivity index (χ1) is 17.3. The second-order valence-corrected chi connectivity index (χ2v) is 10.0. The summed E-state index contributed by atoms with van der Waals surface area (Å²) in [4.78, 5) is 36.8. The van der Waals surface area contributed by atoms with Crippen LogP contribution in [0.3, 0.4) is 0 Å². The summed E-state index contributed by atoms with van der Waals surface area (Å²) in [6, 6.07) is 15.4. The van der Waals surface area contributed by atoms with E-state index in [2.05, 4.69) is 29.9 Å². The number of nitriles is 1. The minimum atomic E-state index is -0.0957. The number of carbonyl (C=O) groups is 2. The van der Waals surface area contributed by atoms with E-state index in [4.69, 9.17) is 5.26 Å². The van der Waals surface area contributed by atoms with Gasteiger partial charge in [-0.25, -0.2) is 0 Å². The smallest absolute Gasteiger partial charge is 0.272 e. The normalized spacial score (nSPS) is 14.0. The van der Waals surface area contributed by atoms with Gasteiger partial charge in [-0.15, -0.1) is 0 Å². The molecular weight excluding hydrogens is 448 g/mol. The molecule has 0 unspecified atom stereocenters. The van der Waals surface area contributed by atoms with Crippen molar-refractivity contribution in [3.63, 3.8) is 0 Å². The summed E-state index contributed by atoms with van der Waals surface area (Å²) < 4.78 is 0. The third kappa shape index (κ3) is 6.04. The van der Waals surface area contributed by atoms with E-state index < -0.39 is 0 Å². The number of carbonyl (C=O) groups excluding carboxylic acids is 2. The maximum atomic E-state index is 13.2. The monoisotopic (exact) mass is 480 g/mol. The molecule has 0 aliphatic carbocycles. The molecule has 0 N–H and O–H groups in total. The number of Topliss-reactive ketones (excluding diaryl/α,β-unsaturated/α-hetero) is 1. The molecule has 0 atom stereocenters. The molecular formula is C30H32N4O2. The van der Waals surface area contributed by atoms with E-state index in [1.165, 1.54) is 5.56 Å². The van der Waals surface area contributed by atoms with Crippen molar-refractivity contribution < 1.29 is 9.59 Å². The van der Waals surface area contributed by atoms with Crippen LogP contribution in [0.15, 0.2) is 54.9 Å². The average molecular weight is 481 g/mol. The highest BCUT2D eigenvalue weighted by molar-refractivity contribution is 5.98. The molecule has 3 aromatic rings. The first-order valence-corrected chi connectivity index (χ1v) is 12.6. The van der Waals surface area contributed by atoms with Gasteiger partial charge in [-0.3, -0.25) is 19.6 Å². The fourth-order valence-electron chi connectivity index (χ4n) is 4.68. The van der Waals surface area contributed by atoms with Crippen LogP contribution in [-0.2, 0) is 12.8 Å². The van der Waals surface area contributed by atoms with Crippen molar-refractivity contribution in [2.75, 3.05) is 13.1 Å². The number of hydrogen-bond donors (Lipinski definition) is 0. The van der Waals surface area contributed by atoms with E-state index in [9.17, 15) is 9.59 Å². The molecule has 0 saturated carbocycles. The van der Waals surface area contributed by atoms with E-state index in [1.807, 2.05) is 48.2 Å². The van der Waals surface area contributed by atoms with Crippen LogP contribution in [0.25, 0.3) is 0 Å². The van der Waals surface area contributed by atoms with Crippen molar-refractivity contribution in [1.29, 1.82) is 5.26 Å². The fourth-order valence-corrected chi connectivity index (χ4v) is 4.68. The number of amides is 1. The Morgan fingerprint density at radius 2 is 1.78 bits per heavy atom. The van der Waals surface area contributed by atoms with Crippen molar-refractivity contribution in [3.05, 3.63) is 94.1 Å². The Bertz CT molecular complexity index is 1270. The number of piperidine rings is 1. The highest BCUT2D eigenvalue weighted by Crippen LogP contribution is 2.29. The number of benzene rings is 1. The Labute approximate surface area is 213 Å². The van der Waals surface area contributed by atoms with Gasteiger partial charge in [0.25, 0.3) is 5.91 Å². The summed E-state index contributed by atoms with van der Waals surface area (Å²) in [5, 5.41) is 9.00. The predicted molar refractivity (Wildman–Crippen MR) is 139 cm³/mol. The lowest BCUT2D eigenvalue weighted by Gasteiger charge is -2.32. The Morgan fingerprint density at radius 3 is 2.39 bits per heavy atom. The number of ketones is 1. The van der Waals surface area contributed by atoms with Crippen molar-refractivity contribution >= 4 is 11.7 Å². The molecule has 1 amide bonds. The van der Waals surface area contributed by atoms with Gasteiger partial charge in [0.15, 0.2) is 5.78 Å². The molecule has 1 aliphatic heterocycles. The zero-order chi connectivity index (χ0) is 25.7. The Balaban J connectivity index is 1.39. The van der Waals surface area contributed by atoms with Gasteiger partial charge in [-0.1, -0.05) is 26.0 Å². The number of hydrogen-bond acceptors (Lipinski definition) is 5. The van der Waals surface area contributed by atoms with Crippen molar-refractivity contribution in [1.82, 2.24) is 14.9 Å². The molecule has 6 nitrogen and oxygen atoms in total. The van der Waals surface area contributed by atoms with Crippen LogP contribution in [0.2, 0.25) is 0 Å². The molecule has 184 valence electrons. The highest BCUT2D eigenvalue weighted by atomic mass is 16.2. The molecule has 0 spiro atoms. The van der Waals surface area contributed by atoms with Gasteiger partial charge in [0.05, 0.1) is 11.6 Å². The van der Waals surface area contributed by atoms with Gasteiger partial charge >= 0.3 is 0 Å². The van der Waals surface area contributed by atoms with Crippen LogP contribution in [0.5, 0.6) is 0 Å². The summed E-state index contributed by atoms with van der Waals surface area (Å²) in [6.07, 6.45) is 6.17. The van der Waals surface area contributed by atoms with E-state index in [1.54, 1.807) is 18.5 Å². The van der Waals surface area contributed by atoms with Crippen LogP contribution in [-0.4, -0.2) is 39.6 Å². The fraction of sp³-hybridized carbons (Fsp3) is 0.367. The van der Waals surface area contributed by atoms with E-state index >= 15 is 0 Å². The standard InChI is InChI=1S/C30H32N4O2/c1-20(2)14-27-9-8-25(19-32-27)29(35)16-26-15-28(33-18-21(26)3)30(36)34-12-10-24(11-13-34)23-6-4-22(17-31)5-7-23/h4-9,15,18-20,24H,10-14,16H2,1-3H3. The Kier molecular flexibility index (Phi) is 7.90. The number of nitrogens with zero attached hydrogens (tertiary/aromatic N) is 4. The van der Waals surface area contributed by atoms with E-state index in [-0.39, 0.29) is 18.1 Å². The minimum absolute atomic E-state index is 0.0190. The maximum Gasteiger partial charge on any atom is 0.272 e. The molecule has 1 saturated heterocycles. The minimum Gasteiger partial charge on any atom is -0.337 e. The predicted octanol–water partition coefficient (Wildman–Crippen LogP) is 5.30. The lowest BCUT2D eigenvalue weighted by Crippen LogP contribution is -2.38. The number of aromatic nitrogens is 2. The van der Waals surface area contributed by atoms with Crippen molar-refractivity contribution in [3.8, 4) is 6.07 Å². The van der Waals surface area contributed by atoms with Gasteiger partial charge in [0.1, 0.15) is 5.69 Å². The lowest BCUT2D eigenvalue weighted by molar-refractivity contribution is 0.0706. The lowest BCUT2D eigenvalue weighted by atomic mass is 9.89. The summed E-state index contributed by atoms with van der Waals surface area (Å²) in [5.41, 5.74) is 5.52. The molecule has 3 heterocycles. The maximum absolute atomic E-state index is 13.2. The van der Waals surface area contributed by atoms with Gasteiger partial charge in [-0.05, 0) is 85.0 Å². The summed E-state index contributed by atoms with van der Waals surface area (Å²) >= 11 is 0. The van der Waals surface area contributed by atoms with Crippen molar-refractivity contribution in [2.45, 2.75) is 52.4 Å². The van der Waals surface area contributed by atoms with Crippen LogP contribution in [0.4, 0.5) is 0 Å². The molecule has 36 heavy (non-hydrogen) atoms. The zero-order valence-electron chi connectivity index (χ0n) is 21.2. The van der Waals surface area contributed by atoms with Crippen LogP contribution in [0, 0.1) is 24.2 Å². The number of aryl methyl sites for hydroxylation is 1. The molecule has 1 aliphatic rings. The number of rotatable bonds is 7. The van der Waals surface area contributed by atoms with Gasteiger partial charge in [-0.2, -0.15) is 5.26 Å². The zero-order valence-corrected chi connectivity index (χ0v) is 21.2. The topological polar surface area (TPSA) is 87.0 Å². The summed E-state index contributed by atoms with van der Waals surface area (Å²) in [7, 11) is 0. The third-order valence-corrected chi connectivity index (χ3v) is 6.84. The third-order valence-electron chi connectivity index (χ3n) is 6.84. The number of pyridine rings is 2. The second-order valence-electron chi connectivity index (χ2n) is 10.0. The Morgan fingerprint density at radius 1 is 1.06 bits per heavy atom. The van der Waals surface area contributed by atoms with Gasteiger partial charge < -0.3 is 4.90 Å². The summed E-state index contributed by atoms with van der Waals surface area (Å²) in [6.45, 7) is 7.51. The second kappa shape index (κ2) is 11.3. The highest BCUT2D eigenvalue weighted by Gasteiger charge is 2.26. The SMILES string of the molecule is Cc1cnc(C(=O)N2CCC(c3ccc(C#N)cc3)CC2)cc1CC(=O)c1ccc(CC(C)C)nc1. The molecule has 1 fully saturated rings. The molecule has 1 aromatic carbocycles. The quantitative estimate of drug-likeness (QED) is 0.428. The van der Waals surface area contributed by atoms with Crippen LogP contribution < -0.4 is 0 Å². The van der Waals surface area contributed by atoms with Crippen LogP contribution in [0.1, 0.15) is 81.4 Å².